The van der Waals surface area contributed by atoms with Gasteiger partial charge in [-0.3, -0.25) is 9.69 Å². The molecule has 0 radical (unpaired) electrons. The Hall–Kier alpha value is -0.870. The zero-order chi connectivity index (χ0) is 12.3. The van der Waals surface area contributed by atoms with Crippen LogP contribution in [-0.2, 0) is 4.79 Å². The van der Waals surface area contributed by atoms with Gasteiger partial charge in [-0.25, -0.2) is 0 Å². The van der Waals surface area contributed by atoms with E-state index in [1.165, 1.54) is 11.3 Å². The first kappa shape index (κ1) is 12.6. The monoisotopic (exact) mass is 253 g/mol. The van der Waals surface area contributed by atoms with Crippen LogP contribution in [0.2, 0.25) is 0 Å². The van der Waals surface area contributed by atoms with Crippen LogP contribution in [0.4, 0.5) is 0 Å². The third kappa shape index (κ3) is 3.07. The van der Waals surface area contributed by atoms with Crippen molar-refractivity contribution in [2.24, 2.45) is 0 Å². The van der Waals surface area contributed by atoms with E-state index in [1.54, 1.807) is 11.3 Å². The highest BCUT2D eigenvalue weighted by molar-refractivity contribution is 7.10. The molecule has 1 aromatic heterocycles. The van der Waals surface area contributed by atoms with Gasteiger partial charge in [-0.1, -0.05) is 12.5 Å². The third-order valence-corrected chi connectivity index (χ3v) is 4.58. The lowest BCUT2D eigenvalue weighted by Gasteiger charge is -2.39. The zero-order valence-electron chi connectivity index (χ0n) is 10.1. The standard InChI is InChI=1S/C13H19NO2S/c1-10(12-6-4-8-17-12)14-7-3-2-5-11(14)9-13(15)16/h4,6,8,10-11H,2-3,5,7,9H2,1H3,(H,15,16). The summed E-state index contributed by atoms with van der Waals surface area (Å²) in [5, 5.41) is 11.1. The van der Waals surface area contributed by atoms with Crippen molar-refractivity contribution in [2.75, 3.05) is 6.54 Å². The molecule has 1 N–H and O–H groups in total. The van der Waals surface area contributed by atoms with Gasteiger partial charge in [0, 0.05) is 17.0 Å². The minimum atomic E-state index is -0.680. The number of carbonyl (C=O) groups is 1. The zero-order valence-corrected chi connectivity index (χ0v) is 10.9. The summed E-state index contributed by atoms with van der Waals surface area (Å²) in [6.07, 6.45) is 3.63. The molecule has 0 amide bonds. The average Bonchev–Trinajstić information content (AvgIpc) is 2.81. The first-order valence-corrected chi connectivity index (χ1v) is 7.07. The second-order valence-electron chi connectivity index (χ2n) is 4.68. The van der Waals surface area contributed by atoms with Crippen LogP contribution in [0.15, 0.2) is 17.5 Å². The van der Waals surface area contributed by atoms with E-state index in [2.05, 4.69) is 29.3 Å². The highest BCUT2D eigenvalue weighted by atomic mass is 32.1. The van der Waals surface area contributed by atoms with Crippen LogP contribution in [0.5, 0.6) is 0 Å². The van der Waals surface area contributed by atoms with Crippen LogP contribution in [-0.4, -0.2) is 28.6 Å². The van der Waals surface area contributed by atoms with E-state index in [4.69, 9.17) is 5.11 Å². The maximum Gasteiger partial charge on any atom is 0.304 e. The van der Waals surface area contributed by atoms with Gasteiger partial charge >= 0.3 is 5.97 Å². The molecule has 0 aromatic carbocycles. The summed E-state index contributed by atoms with van der Waals surface area (Å²) in [7, 11) is 0. The van der Waals surface area contributed by atoms with Crippen molar-refractivity contribution in [3.63, 3.8) is 0 Å². The van der Waals surface area contributed by atoms with Crippen molar-refractivity contribution in [2.45, 2.75) is 44.7 Å². The molecule has 17 heavy (non-hydrogen) atoms. The summed E-state index contributed by atoms with van der Waals surface area (Å²) >= 11 is 1.76. The number of aliphatic carboxylic acids is 1. The number of carboxylic acids is 1. The van der Waals surface area contributed by atoms with E-state index in [9.17, 15) is 4.79 Å². The molecule has 1 fully saturated rings. The Morgan fingerprint density at radius 2 is 2.47 bits per heavy atom. The fourth-order valence-electron chi connectivity index (χ4n) is 2.65. The molecule has 0 saturated carbocycles. The van der Waals surface area contributed by atoms with E-state index in [0.717, 1.165) is 19.4 Å². The molecule has 1 aromatic rings. The number of rotatable bonds is 4. The van der Waals surface area contributed by atoms with Crippen LogP contribution in [0.3, 0.4) is 0 Å². The minimum Gasteiger partial charge on any atom is -0.481 e. The van der Waals surface area contributed by atoms with Crippen LogP contribution in [0, 0.1) is 0 Å². The summed E-state index contributed by atoms with van der Waals surface area (Å²) in [5.41, 5.74) is 0. The maximum atomic E-state index is 10.9. The molecule has 1 aliphatic rings. The van der Waals surface area contributed by atoms with Gasteiger partial charge in [0.05, 0.1) is 6.42 Å². The highest BCUT2D eigenvalue weighted by Crippen LogP contribution is 2.31. The SMILES string of the molecule is CC(c1cccs1)N1CCCCC1CC(=O)O. The molecule has 1 saturated heterocycles. The Kier molecular flexibility index (Phi) is 4.18. The van der Waals surface area contributed by atoms with Crippen molar-refractivity contribution >= 4 is 17.3 Å². The molecule has 4 heteroatoms. The quantitative estimate of drug-likeness (QED) is 0.896. The Morgan fingerprint density at radius 1 is 1.65 bits per heavy atom. The van der Waals surface area contributed by atoms with Gasteiger partial charge in [0.1, 0.15) is 0 Å². The van der Waals surface area contributed by atoms with Crippen molar-refractivity contribution in [1.29, 1.82) is 0 Å². The summed E-state index contributed by atoms with van der Waals surface area (Å²) in [5.74, 6) is -0.680. The van der Waals surface area contributed by atoms with Gasteiger partial charge < -0.3 is 5.11 Å². The molecule has 0 bridgehead atoms. The Labute approximate surface area is 106 Å². The lowest BCUT2D eigenvalue weighted by atomic mass is 9.97. The molecule has 2 rings (SSSR count). The number of carboxylic acid groups (broad SMARTS) is 1. The molecular weight excluding hydrogens is 234 g/mol. The van der Waals surface area contributed by atoms with Gasteiger partial charge in [0.2, 0.25) is 0 Å². The molecule has 2 heterocycles. The molecule has 3 nitrogen and oxygen atoms in total. The lowest BCUT2D eigenvalue weighted by Crippen LogP contribution is -2.42. The van der Waals surface area contributed by atoms with Crippen molar-refractivity contribution in [3.05, 3.63) is 22.4 Å². The number of hydrogen-bond donors (Lipinski definition) is 1. The predicted molar refractivity (Wildman–Crippen MR) is 69.3 cm³/mol. The van der Waals surface area contributed by atoms with E-state index in [0.29, 0.717) is 6.04 Å². The normalized spacial score (nSPS) is 23.5. The van der Waals surface area contributed by atoms with Gasteiger partial charge in [-0.2, -0.15) is 0 Å². The van der Waals surface area contributed by atoms with Gasteiger partial charge in [0.25, 0.3) is 0 Å². The fourth-order valence-corrected chi connectivity index (χ4v) is 3.45. The smallest absolute Gasteiger partial charge is 0.304 e. The number of piperidine rings is 1. The third-order valence-electron chi connectivity index (χ3n) is 3.54. The molecule has 1 aliphatic heterocycles. The van der Waals surface area contributed by atoms with Gasteiger partial charge in [0.15, 0.2) is 0 Å². The Bertz CT molecular complexity index is 364. The first-order valence-electron chi connectivity index (χ1n) is 6.19. The summed E-state index contributed by atoms with van der Waals surface area (Å²) in [4.78, 5) is 14.6. The molecule has 0 spiro atoms. The molecule has 94 valence electrons. The van der Waals surface area contributed by atoms with Crippen molar-refractivity contribution in [3.8, 4) is 0 Å². The van der Waals surface area contributed by atoms with Crippen LogP contribution < -0.4 is 0 Å². The predicted octanol–water partition coefficient (Wildman–Crippen LogP) is 3.14. The highest BCUT2D eigenvalue weighted by Gasteiger charge is 2.29. The number of likely N-dealkylation sites (tertiary alicyclic amines) is 1. The summed E-state index contributed by atoms with van der Waals surface area (Å²) in [6, 6.07) is 4.76. The van der Waals surface area contributed by atoms with Crippen molar-refractivity contribution in [1.82, 2.24) is 4.90 Å². The average molecular weight is 253 g/mol. The maximum absolute atomic E-state index is 10.9. The van der Waals surface area contributed by atoms with E-state index >= 15 is 0 Å². The Morgan fingerprint density at radius 3 is 3.12 bits per heavy atom. The summed E-state index contributed by atoms with van der Waals surface area (Å²) < 4.78 is 0. The number of nitrogens with zero attached hydrogens (tertiary/aromatic N) is 1. The summed E-state index contributed by atoms with van der Waals surface area (Å²) in [6.45, 7) is 3.21. The lowest BCUT2D eigenvalue weighted by molar-refractivity contribution is -0.139. The van der Waals surface area contributed by atoms with Crippen LogP contribution in [0.1, 0.15) is 43.5 Å². The minimum absolute atomic E-state index is 0.207. The Balaban J connectivity index is 2.07. The topological polar surface area (TPSA) is 40.5 Å². The van der Waals surface area contributed by atoms with Crippen molar-refractivity contribution < 1.29 is 9.90 Å². The first-order chi connectivity index (χ1) is 8.18. The van der Waals surface area contributed by atoms with Gasteiger partial charge in [-0.15, -0.1) is 11.3 Å². The number of thiophene rings is 1. The van der Waals surface area contributed by atoms with E-state index in [-0.39, 0.29) is 12.5 Å². The molecule has 2 atom stereocenters. The van der Waals surface area contributed by atoms with Crippen LogP contribution in [0.25, 0.3) is 0 Å². The molecular formula is C13H19NO2S. The largest absolute Gasteiger partial charge is 0.481 e. The van der Waals surface area contributed by atoms with Gasteiger partial charge in [-0.05, 0) is 37.8 Å². The second-order valence-corrected chi connectivity index (χ2v) is 5.66. The molecule has 2 unspecified atom stereocenters. The van der Waals surface area contributed by atoms with E-state index < -0.39 is 5.97 Å². The fraction of sp³-hybridized carbons (Fsp3) is 0.615. The molecule has 0 aliphatic carbocycles. The second kappa shape index (κ2) is 5.65. The van der Waals surface area contributed by atoms with Crippen LogP contribution >= 0.6 is 11.3 Å². The van der Waals surface area contributed by atoms with E-state index in [1.807, 2.05) is 0 Å². The number of hydrogen-bond acceptors (Lipinski definition) is 3.